The molecule has 1 heterocycles. The molecule has 0 aliphatic carbocycles. The first-order valence-corrected chi connectivity index (χ1v) is 7.94. The predicted molar refractivity (Wildman–Crippen MR) is 92.3 cm³/mol. The zero-order chi connectivity index (χ0) is 18.0. The lowest BCUT2D eigenvalue weighted by Crippen LogP contribution is -2.42. The number of nitro groups is 1. The maximum absolute atomic E-state index is 12.4. The van der Waals surface area contributed by atoms with Crippen molar-refractivity contribution < 1.29 is 14.5 Å². The molecule has 3 rings (SSSR count). The van der Waals surface area contributed by atoms with Gasteiger partial charge in [-0.1, -0.05) is 35.9 Å². The molecule has 1 N–H and O–H groups in total. The Morgan fingerprint density at radius 3 is 2.60 bits per heavy atom. The lowest BCUT2D eigenvalue weighted by atomic mass is 10.00. The average Bonchev–Trinajstić information content (AvgIpc) is 2.62. The van der Waals surface area contributed by atoms with Gasteiger partial charge in [-0.2, -0.15) is 0 Å². The lowest BCUT2D eigenvalue weighted by Gasteiger charge is -2.28. The maximum atomic E-state index is 12.4. The number of rotatable bonds is 2. The highest BCUT2D eigenvalue weighted by molar-refractivity contribution is 6.39. The summed E-state index contributed by atoms with van der Waals surface area (Å²) in [7, 11) is 0. The normalized spacial score (nSPS) is 13.1. The van der Waals surface area contributed by atoms with Gasteiger partial charge in [-0.15, -0.1) is 0 Å². The number of hydrogen-bond donors (Lipinski definition) is 1. The van der Waals surface area contributed by atoms with Gasteiger partial charge in [0.05, 0.1) is 4.92 Å². The molecule has 0 bridgehead atoms. The third kappa shape index (κ3) is 3.61. The van der Waals surface area contributed by atoms with Crippen molar-refractivity contribution in [3.05, 3.63) is 68.7 Å². The third-order valence-corrected chi connectivity index (χ3v) is 4.33. The Balaban J connectivity index is 1.71. The van der Waals surface area contributed by atoms with Crippen molar-refractivity contribution in [2.75, 3.05) is 11.9 Å². The van der Waals surface area contributed by atoms with Crippen molar-refractivity contribution in [3.63, 3.8) is 0 Å². The van der Waals surface area contributed by atoms with Crippen LogP contribution < -0.4 is 5.32 Å². The summed E-state index contributed by atoms with van der Waals surface area (Å²) in [6.07, 6.45) is 0.682. The van der Waals surface area contributed by atoms with E-state index in [2.05, 4.69) is 5.32 Å². The molecule has 7 nitrogen and oxygen atoms in total. The topological polar surface area (TPSA) is 92.5 Å². The van der Waals surface area contributed by atoms with E-state index in [1.807, 2.05) is 24.3 Å². The van der Waals surface area contributed by atoms with Crippen LogP contribution in [0.5, 0.6) is 0 Å². The Bertz CT molecular complexity index is 869. The van der Waals surface area contributed by atoms with Crippen LogP contribution in [0.25, 0.3) is 0 Å². The first-order valence-electron chi connectivity index (χ1n) is 7.56. The fourth-order valence-electron chi connectivity index (χ4n) is 2.73. The molecule has 0 saturated carbocycles. The Morgan fingerprint density at radius 2 is 1.88 bits per heavy atom. The third-order valence-electron chi connectivity index (χ3n) is 4.01. The number of halogens is 1. The lowest BCUT2D eigenvalue weighted by molar-refractivity contribution is -0.384. The van der Waals surface area contributed by atoms with Gasteiger partial charge in [-0.05, 0) is 29.7 Å². The average molecular weight is 360 g/mol. The molecule has 0 atom stereocenters. The molecule has 2 aromatic carbocycles. The fraction of sp³-hybridized carbons (Fsp3) is 0.176. The largest absolute Gasteiger partial charge is 0.330 e. The van der Waals surface area contributed by atoms with E-state index >= 15 is 0 Å². The minimum absolute atomic E-state index is 0.0398. The number of anilines is 1. The second-order valence-electron chi connectivity index (χ2n) is 5.62. The van der Waals surface area contributed by atoms with Gasteiger partial charge in [0.1, 0.15) is 5.02 Å². The molecular formula is C17H14ClN3O4. The Morgan fingerprint density at radius 1 is 1.16 bits per heavy atom. The molecular weight excluding hydrogens is 346 g/mol. The second-order valence-corrected chi connectivity index (χ2v) is 6.03. The SMILES string of the molecule is O=C(Nc1ccc(Cl)c([N+](=O)[O-])c1)C(=O)N1CCc2ccccc2C1. The molecule has 0 radical (unpaired) electrons. The van der Waals surface area contributed by atoms with E-state index in [-0.39, 0.29) is 16.4 Å². The van der Waals surface area contributed by atoms with E-state index in [9.17, 15) is 19.7 Å². The van der Waals surface area contributed by atoms with Crippen LogP contribution in [0.1, 0.15) is 11.1 Å². The smallest absolute Gasteiger partial charge is 0.313 e. The van der Waals surface area contributed by atoms with Crippen LogP contribution in [-0.2, 0) is 22.6 Å². The number of hydrogen-bond acceptors (Lipinski definition) is 4. The molecule has 0 fully saturated rings. The van der Waals surface area contributed by atoms with Gasteiger partial charge in [0, 0.05) is 24.8 Å². The zero-order valence-corrected chi connectivity index (χ0v) is 13.8. The molecule has 1 aliphatic rings. The van der Waals surface area contributed by atoms with Crippen molar-refractivity contribution in [1.29, 1.82) is 0 Å². The summed E-state index contributed by atoms with van der Waals surface area (Å²) in [6, 6.07) is 11.6. The molecule has 0 saturated heterocycles. The van der Waals surface area contributed by atoms with Crippen LogP contribution in [-0.4, -0.2) is 28.2 Å². The van der Waals surface area contributed by atoms with E-state index in [1.165, 1.54) is 22.6 Å². The van der Waals surface area contributed by atoms with Crippen molar-refractivity contribution >= 4 is 34.8 Å². The van der Waals surface area contributed by atoms with Gasteiger partial charge in [0.2, 0.25) is 0 Å². The van der Waals surface area contributed by atoms with E-state index in [0.29, 0.717) is 19.5 Å². The van der Waals surface area contributed by atoms with Crippen molar-refractivity contribution in [2.24, 2.45) is 0 Å². The van der Waals surface area contributed by atoms with Crippen molar-refractivity contribution in [3.8, 4) is 0 Å². The standard InChI is InChI=1S/C17H14ClN3O4/c18-14-6-5-13(9-15(14)21(24)25)19-16(22)17(23)20-8-7-11-3-1-2-4-12(11)10-20/h1-6,9H,7-8,10H2,(H,19,22). The molecule has 2 aromatic rings. The highest BCUT2D eigenvalue weighted by Crippen LogP contribution is 2.27. The van der Waals surface area contributed by atoms with E-state index in [1.54, 1.807) is 0 Å². The van der Waals surface area contributed by atoms with Gasteiger partial charge in [-0.25, -0.2) is 0 Å². The van der Waals surface area contributed by atoms with Crippen LogP contribution in [0.15, 0.2) is 42.5 Å². The summed E-state index contributed by atoms with van der Waals surface area (Å²) in [5.41, 5.74) is 1.99. The number of nitrogens with zero attached hydrogens (tertiary/aromatic N) is 2. The van der Waals surface area contributed by atoms with Gasteiger partial charge in [-0.3, -0.25) is 19.7 Å². The summed E-state index contributed by atoms with van der Waals surface area (Å²) < 4.78 is 0. The summed E-state index contributed by atoms with van der Waals surface area (Å²) in [4.78, 5) is 36.2. The van der Waals surface area contributed by atoms with Crippen LogP contribution >= 0.6 is 11.6 Å². The summed E-state index contributed by atoms with van der Waals surface area (Å²) in [5, 5.41) is 13.2. The second kappa shape index (κ2) is 6.90. The van der Waals surface area contributed by atoms with Crippen molar-refractivity contribution in [2.45, 2.75) is 13.0 Å². The number of carbonyl (C=O) groups excluding carboxylic acids is 2. The Hall–Kier alpha value is -2.93. The van der Waals surface area contributed by atoms with Gasteiger partial charge in [0.25, 0.3) is 5.69 Å². The first kappa shape index (κ1) is 16.9. The molecule has 2 amide bonds. The number of nitro benzene ring substituents is 1. The van der Waals surface area contributed by atoms with Crippen LogP contribution in [0, 0.1) is 10.1 Å². The highest BCUT2D eigenvalue weighted by Gasteiger charge is 2.26. The van der Waals surface area contributed by atoms with E-state index < -0.39 is 16.7 Å². The van der Waals surface area contributed by atoms with Crippen LogP contribution in [0.3, 0.4) is 0 Å². The Labute approximate surface area is 148 Å². The Kier molecular flexibility index (Phi) is 4.67. The summed E-state index contributed by atoms with van der Waals surface area (Å²) in [6.45, 7) is 0.813. The van der Waals surface area contributed by atoms with Gasteiger partial charge >= 0.3 is 11.8 Å². The minimum atomic E-state index is -0.837. The summed E-state index contributed by atoms with van der Waals surface area (Å²) >= 11 is 5.73. The fourth-order valence-corrected chi connectivity index (χ4v) is 2.91. The molecule has 25 heavy (non-hydrogen) atoms. The number of carbonyl (C=O) groups is 2. The number of amides is 2. The van der Waals surface area contributed by atoms with E-state index in [0.717, 1.165) is 11.6 Å². The summed E-state index contributed by atoms with van der Waals surface area (Å²) in [5.74, 6) is -1.51. The zero-order valence-electron chi connectivity index (χ0n) is 13.1. The number of benzene rings is 2. The molecule has 0 aromatic heterocycles. The van der Waals surface area contributed by atoms with Crippen LogP contribution in [0.2, 0.25) is 5.02 Å². The van der Waals surface area contributed by atoms with Gasteiger partial charge in [0.15, 0.2) is 0 Å². The maximum Gasteiger partial charge on any atom is 0.313 e. The molecule has 1 aliphatic heterocycles. The quantitative estimate of drug-likeness (QED) is 0.507. The van der Waals surface area contributed by atoms with Gasteiger partial charge < -0.3 is 10.2 Å². The number of nitrogens with one attached hydrogen (secondary N) is 1. The molecule has 128 valence electrons. The predicted octanol–water partition coefficient (Wildman–Crippen LogP) is 2.77. The highest BCUT2D eigenvalue weighted by atomic mass is 35.5. The molecule has 0 unspecified atom stereocenters. The molecule has 0 spiro atoms. The van der Waals surface area contributed by atoms with Crippen LogP contribution in [0.4, 0.5) is 11.4 Å². The first-order chi connectivity index (χ1) is 12.0. The number of fused-ring (bicyclic) bond motifs is 1. The minimum Gasteiger partial charge on any atom is -0.330 e. The van der Waals surface area contributed by atoms with E-state index in [4.69, 9.17) is 11.6 Å². The monoisotopic (exact) mass is 359 g/mol. The molecule has 8 heteroatoms. The van der Waals surface area contributed by atoms with Crippen molar-refractivity contribution in [1.82, 2.24) is 4.90 Å².